The van der Waals surface area contributed by atoms with Crippen molar-refractivity contribution in [3.05, 3.63) is 67.2 Å². The normalized spacial score (nSPS) is 12.5. The van der Waals surface area contributed by atoms with Gasteiger partial charge in [-0.05, 0) is 65.8 Å². The Kier molecular flexibility index (Phi) is 4.84. The van der Waals surface area contributed by atoms with E-state index in [-0.39, 0.29) is 6.04 Å². The molecule has 0 saturated heterocycles. The summed E-state index contributed by atoms with van der Waals surface area (Å²) in [6.45, 7) is 4.18. The molecule has 19 heavy (non-hydrogen) atoms. The van der Waals surface area contributed by atoms with Crippen LogP contribution >= 0.6 is 34.2 Å². The molecule has 2 aromatic carbocycles. The van der Waals surface area contributed by atoms with Gasteiger partial charge in [-0.15, -0.1) is 0 Å². The summed E-state index contributed by atoms with van der Waals surface area (Å²) in [5, 5.41) is 0.722. The zero-order valence-corrected chi connectivity index (χ0v) is 13.8. The summed E-state index contributed by atoms with van der Waals surface area (Å²) in [4.78, 5) is 0. The van der Waals surface area contributed by atoms with Crippen molar-refractivity contribution >= 4 is 34.2 Å². The van der Waals surface area contributed by atoms with Crippen molar-refractivity contribution < 1.29 is 0 Å². The fourth-order valence-corrected chi connectivity index (χ4v) is 3.11. The van der Waals surface area contributed by atoms with Crippen LogP contribution in [0.4, 0.5) is 0 Å². The number of halogens is 2. The summed E-state index contributed by atoms with van der Waals surface area (Å²) in [5.41, 5.74) is 7.60. The number of rotatable bonds is 3. The van der Waals surface area contributed by atoms with E-state index in [1.807, 2.05) is 18.2 Å². The van der Waals surface area contributed by atoms with E-state index in [0.717, 1.165) is 19.7 Å². The Labute approximate surface area is 132 Å². The van der Waals surface area contributed by atoms with Crippen LogP contribution in [0.1, 0.15) is 28.3 Å². The quantitative estimate of drug-likeness (QED) is 0.473. The van der Waals surface area contributed by atoms with Crippen molar-refractivity contribution in [3.8, 4) is 0 Å². The topological polar surface area (TPSA) is 38.0 Å². The lowest BCUT2D eigenvalue weighted by atomic mass is 9.96. The van der Waals surface area contributed by atoms with Gasteiger partial charge in [0.15, 0.2) is 0 Å². The molecule has 0 saturated carbocycles. The fraction of sp³-hybridized carbons (Fsp3) is 0.200. The summed E-state index contributed by atoms with van der Waals surface area (Å²) in [6.07, 6.45) is 0. The number of benzene rings is 2. The Morgan fingerprint density at radius 1 is 1.11 bits per heavy atom. The molecule has 0 aliphatic rings. The van der Waals surface area contributed by atoms with Gasteiger partial charge in [-0.25, -0.2) is 5.43 Å². The summed E-state index contributed by atoms with van der Waals surface area (Å²) in [7, 11) is 0. The lowest BCUT2D eigenvalue weighted by Crippen LogP contribution is -2.29. The molecule has 0 spiro atoms. The third-order valence-electron chi connectivity index (χ3n) is 3.01. The van der Waals surface area contributed by atoms with Gasteiger partial charge in [0.1, 0.15) is 0 Å². The molecule has 100 valence electrons. The molecule has 0 fully saturated rings. The maximum absolute atomic E-state index is 6.10. The van der Waals surface area contributed by atoms with E-state index in [4.69, 9.17) is 17.4 Å². The second-order valence-corrected chi connectivity index (χ2v) is 6.29. The minimum absolute atomic E-state index is 0.0517. The number of hydrazine groups is 1. The van der Waals surface area contributed by atoms with Crippen LogP contribution in [0.3, 0.4) is 0 Å². The maximum Gasteiger partial charge on any atom is 0.0721 e. The Morgan fingerprint density at radius 2 is 1.74 bits per heavy atom. The molecule has 0 amide bonds. The number of nitrogens with one attached hydrogen (secondary N) is 1. The number of aryl methyl sites for hydroxylation is 2. The minimum Gasteiger partial charge on any atom is -0.271 e. The van der Waals surface area contributed by atoms with E-state index >= 15 is 0 Å². The number of hydrogen-bond donors (Lipinski definition) is 2. The highest BCUT2D eigenvalue weighted by Crippen LogP contribution is 2.29. The smallest absolute Gasteiger partial charge is 0.0721 e. The highest BCUT2D eigenvalue weighted by atomic mass is 127. The second kappa shape index (κ2) is 6.22. The van der Waals surface area contributed by atoms with Gasteiger partial charge in [-0.3, -0.25) is 5.84 Å². The van der Waals surface area contributed by atoms with Gasteiger partial charge in [-0.1, -0.05) is 40.9 Å². The van der Waals surface area contributed by atoms with Crippen LogP contribution in [0.2, 0.25) is 5.02 Å². The predicted octanol–water partition coefficient (Wildman–Crippen LogP) is 4.11. The van der Waals surface area contributed by atoms with Gasteiger partial charge in [-0.2, -0.15) is 0 Å². The van der Waals surface area contributed by atoms with Crippen molar-refractivity contribution in [2.45, 2.75) is 19.9 Å². The lowest BCUT2D eigenvalue weighted by molar-refractivity contribution is 0.633. The molecule has 0 heterocycles. The highest BCUT2D eigenvalue weighted by Gasteiger charge is 2.16. The zero-order valence-electron chi connectivity index (χ0n) is 10.9. The van der Waals surface area contributed by atoms with Crippen molar-refractivity contribution in [2.24, 2.45) is 5.84 Å². The van der Waals surface area contributed by atoms with Crippen LogP contribution in [0.5, 0.6) is 0 Å². The first-order valence-corrected chi connectivity index (χ1v) is 7.46. The van der Waals surface area contributed by atoms with Crippen LogP contribution in [-0.2, 0) is 0 Å². The standard InChI is InChI=1S/C15H16ClIN2/c1-9-5-10(2)7-11(6-9)15(19-18)13-8-12(16)3-4-14(13)17/h3-8,15,19H,18H2,1-2H3. The summed E-state index contributed by atoms with van der Waals surface area (Å²) in [5.74, 6) is 5.76. The average molecular weight is 387 g/mol. The number of hydrogen-bond acceptors (Lipinski definition) is 2. The third kappa shape index (κ3) is 3.48. The molecule has 0 bridgehead atoms. The molecular formula is C15H16ClIN2. The van der Waals surface area contributed by atoms with E-state index in [0.29, 0.717) is 0 Å². The van der Waals surface area contributed by atoms with Gasteiger partial charge in [0.25, 0.3) is 0 Å². The molecule has 0 aliphatic heterocycles. The van der Waals surface area contributed by atoms with E-state index < -0.39 is 0 Å². The molecule has 0 radical (unpaired) electrons. The summed E-state index contributed by atoms with van der Waals surface area (Å²) >= 11 is 8.40. The van der Waals surface area contributed by atoms with Crippen molar-refractivity contribution in [1.82, 2.24) is 5.43 Å². The molecule has 0 aromatic heterocycles. The average Bonchev–Trinajstić information content (AvgIpc) is 2.33. The lowest BCUT2D eigenvalue weighted by Gasteiger charge is -2.20. The molecule has 2 aromatic rings. The zero-order chi connectivity index (χ0) is 14.0. The Hall–Kier alpha value is -0.620. The largest absolute Gasteiger partial charge is 0.271 e. The molecule has 4 heteroatoms. The first-order chi connectivity index (χ1) is 9.01. The monoisotopic (exact) mass is 386 g/mol. The van der Waals surface area contributed by atoms with E-state index in [1.165, 1.54) is 11.1 Å². The molecule has 1 atom stereocenters. The van der Waals surface area contributed by atoms with Crippen LogP contribution < -0.4 is 11.3 Å². The van der Waals surface area contributed by atoms with Crippen molar-refractivity contribution in [2.75, 3.05) is 0 Å². The van der Waals surface area contributed by atoms with Crippen LogP contribution in [0, 0.1) is 17.4 Å². The first-order valence-electron chi connectivity index (χ1n) is 6.00. The van der Waals surface area contributed by atoms with E-state index in [2.05, 4.69) is 60.1 Å². The van der Waals surface area contributed by atoms with Crippen LogP contribution in [0.25, 0.3) is 0 Å². The Balaban J connectivity index is 2.52. The Bertz CT molecular complexity index is 578. The van der Waals surface area contributed by atoms with Crippen molar-refractivity contribution in [3.63, 3.8) is 0 Å². The summed E-state index contributed by atoms with van der Waals surface area (Å²) < 4.78 is 1.14. The predicted molar refractivity (Wildman–Crippen MR) is 89.3 cm³/mol. The number of nitrogens with two attached hydrogens (primary N) is 1. The molecule has 1 unspecified atom stereocenters. The van der Waals surface area contributed by atoms with Gasteiger partial charge in [0.2, 0.25) is 0 Å². The molecule has 2 nitrogen and oxygen atoms in total. The van der Waals surface area contributed by atoms with Gasteiger partial charge >= 0.3 is 0 Å². The highest BCUT2D eigenvalue weighted by molar-refractivity contribution is 14.1. The summed E-state index contributed by atoms with van der Waals surface area (Å²) in [6, 6.07) is 12.3. The molecule has 3 N–H and O–H groups in total. The van der Waals surface area contributed by atoms with Gasteiger partial charge < -0.3 is 0 Å². The Morgan fingerprint density at radius 3 is 2.32 bits per heavy atom. The van der Waals surface area contributed by atoms with Crippen LogP contribution in [0.15, 0.2) is 36.4 Å². The SMILES string of the molecule is Cc1cc(C)cc(C(NN)c2cc(Cl)ccc2I)c1. The molecular weight excluding hydrogens is 371 g/mol. The van der Waals surface area contributed by atoms with Gasteiger partial charge in [0.05, 0.1) is 6.04 Å². The molecule has 0 aliphatic carbocycles. The van der Waals surface area contributed by atoms with E-state index in [9.17, 15) is 0 Å². The molecule has 2 rings (SSSR count). The van der Waals surface area contributed by atoms with Crippen molar-refractivity contribution in [1.29, 1.82) is 0 Å². The minimum atomic E-state index is -0.0517. The van der Waals surface area contributed by atoms with Gasteiger partial charge in [0, 0.05) is 8.59 Å². The van der Waals surface area contributed by atoms with E-state index in [1.54, 1.807) is 0 Å². The third-order valence-corrected chi connectivity index (χ3v) is 4.23. The fourth-order valence-electron chi connectivity index (χ4n) is 2.28. The van der Waals surface area contributed by atoms with Crippen LogP contribution in [-0.4, -0.2) is 0 Å². The maximum atomic E-state index is 6.10. The first kappa shape index (κ1) is 14.8. The second-order valence-electron chi connectivity index (χ2n) is 4.69.